The molecule has 2 aliphatic rings. The minimum Gasteiger partial charge on any atom is -0.381 e. The number of benzene rings is 1. The zero-order valence-electron chi connectivity index (χ0n) is 14.7. The van der Waals surface area contributed by atoms with E-state index in [1.165, 1.54) is 23.9 Å². The fourth-order valence-electron chi connectivity index (χ4n) is 3.51. The van der Waals surface area contributed by atoms with Crippen molar-refractivity contribution in [2.24, 2.45) is 16.6 Å². The van der Waals surface area contributed by atoms with Crippen molar-refractivity contribution in [3.8, 4) is 0 Å². The Morgan fingerprint density at radius 2 is 2.11 bits per heavy atom. The van der Waals surface area contributed by atoms with E-state index in [0.29, 0.717) is 41.8 Å². The van der Waals surface area contributed by atoms with Crippen LogP contribution in [0, 0.1) is 17.6 Å². The van der Waals surface area contributed by atoms with Crippen LogP contribution in [-0.2, 0) is 10.3 Å². The zero-order chi connectivity index (χ0) is 19.7. The first-order chi connectivity index (χ1) is 13.5. The SMILES string of the molecule is NC1=N[C@@]2(c3cc(NC(=O)c4ncc(F)cn4)ccc3F)CCOC[C@H]2CS1. The Morgan fingerprint density at radius 3 is 2.89 bits per heavy atom. The number of thioether (sulfide) groups is 1. The molecule has 0 radical (unpaired) electrons. The van der Waals surface area contributed by atoms with Crippen molar-refractivity contribution in [2.45, 2.75) is 12.0 Å². The predicted octanol–water partition coefficient (Wildman–Crippen LogP) is 2.30. The molecule has 3 heterocycles. The van der Waals surface area contributed by atoms with Crippen LogP contribution >= 0.6 is 11.8 Å². The summed E-state index contributed by atoms with van der Waals surface area (Å²) in [6.07, 6.45) is 2.30. The Labute approximate surface area is 163 Å². The standard InChI is InChI=1S/C18H17F2N5O2S/c19-11-6-22-15(23-7-11)16(26)24-12-1-2-14(20)13(5-12)18-3-4-27-8-10(18)9-28-17(21)25-18/h1-2,5-7,10H,3-4,8-9H2,(H2,21,25)(H,24,26)/t10-,18-/m0/s1. The van der Waals surface area contributed by atoms with Gasteiger partial charge in [0.15, 0.2) is 11.0 Å². The number of anilines is 1. The van der Waals surface area contributed by atoms with Crippen molar-refractivity contribution in [1.82, 2.24) is 9.97 Å². The van der Waals surface area contributed by atoms with E-state index >= 15 is 0 Å². The van der Waals surface area contributed by atoms with Crippen LogP contribution in [0.4, 0.5) is 14.5 Å². The Bertz CT molecular complexity index is 940. The first-order valence-corrected chi connectivity index (χ1v) is 9.61. The summed E-state index contributed by atoms with van der Waals surface area (Å²) >= 11 is 1.42. The van der Waals surface area contributed by atoms with Gasteiger partial charge >= 0.3 is 0 Å². The lowest BCUT2D eigenvalue weighted by Gasteiger charge is -2.44. The molecule has 4 rings (SSSR count). The zero-order valence-corrected chi connectivity index (χ0v) is 15.5. The molecule has 0 spiro atoms. The van der Waals surface area contributed by atoms with E-state index in [1.807, 2.05) is 0 Å². The Hall–Kier alpha value is -2.59. The van der Waals surface area contributed by atoms with E-state index in [0.717, 1.165) is 12.4 Å². The summed E-state index contributed by atoms with van der Waals surface area (Å²) in [6, 6.07) is 4.28. The highest BCUT2D eigenvalue weighted by molar-refractivity contribution is 8.13. The highest BCUT2D eigenvalue weighted by Gasteiger charge is 2.47. The molecule has 146 valence electrons. The number of amidine groups is 1. The molecule has 0 aliphatic carbocycles. The molecule has 2 aliphatic heterocycles. The average Bonchev–Trinajstić information content (AvgIpc) is 2.69. The third-order valence-corrected chi connectivity index (χ3v) is 5.83. The molecule has 1 fully saturated rings. The minimum atomic E-state index is -0.829. The third-order valence-electron chi connectivity index (χ3n) is 4.88. The number of ether oxygens (including phenoxy) is 1. The molecule has 0 bridgehead atoms. The van der Waals surface area contributed by atoms with Crippen LogP contribution in [0.2, 0.25) is 0 Å². The molecule has 1 amide bonds. The number of fused-ring (bicyclic) bond motifs is 1. The summed E-state index contributed by atoms with van der Waals surface area (Å²) in [4.78, 5) is 24.2. The van der Waals surface area contributed by atoms with Gasteiger partial charge < -0.3 is 15.8 Å². The molecule has 1 aromatic heterocycles. The fraction of sp³-hybridized carbons (Fsp3) is 0.333. The number of amides is 1. The molecular weight excluding hydrogens is 388 g/mol. The quantitative estimate of drug-likeness (QED) is 0.812. The van der Waals surface area contributed by atoms with Crippen molar-refractivity contribution in [2.75, 3.05) is 24.3 Å². The molecular formula is C18H17F2N5O2S. The lowest BCUT2D eigenvalue weighted by Crippen LogP contribution is -2.47. The summed E-state index contributed by atoms with van der Waals surface area (Å²) in [5.41, 5.74) is 5.85. The van der Waals surface area contributed by atoms with Crippen molar-refractivity contribution < 1.29 is 18.3 Å². The van der Waals surface area contributed by atoms with Gasteiger partial charge in [0.2, 0.25) is 5.82 Å². The molecule has 1 aromatic carbocycles. The normalized spacial score (nSPS) is 24.2. The van der Waals surface area contributed by atoms with Gasteiger partial charge in [-0.2, -0.15) is 0 Å². The number of nitrogens with two attached hydrogens (primary N) is 1. The van der Waals surface area contributed by atoms with Crippen molar-refractivity contribution in [3.63, 3.8) is 0 Å². The van der Waals surface area contributed by atoms with Crippen LogP contribution in [0.5, 0.6) is 0 Å². The number of aromatic nitrogens is 2. The first-order valence-electron chi connectivity index (χ1n) is 8.63. The van der Waals surface area contributed by atoms with E-state index in [2.05, 4.69) is 20.3 Å². The molecule has 10 heteroatoms. The van der Waals surface area contributed by atoms with E-state index < -0.39 is 23.1 Å². The maximum absolute atomic E-state index is 14.8. The summed E-state index contributed by atoms with van der Waals surface area (Å²) in [7, 11) is 0. The van der Waals surface area contributed by atoms with Crippen molar-refractivity contribution >= 4 is 28.5 Å². The average molecular weight is 405 g/mol. The highest BCUT2D eigenvalue weighted by Crippen LogP contribution is 2.46. The molecule has 2 aromatic rings. The lowest BCUT2D eigenvalue weighted by molar-refractivity contribution is 0.00886. The van der Waals surface area contributed by atoms with Crippen LogP contribution in [0.3, 0.4) is 0 Å². The number of halogens is 2. The second-order valence-electron chi connectivity index (χ2n) is 6.58. The van der Waals surface area contributed by atoms with E-state index in [4.69, 9.17) is 10.5 Å². The summed E-state index contributed by atoms with van der Waals surface area (Å²) < 4.78 is 33.3. The molecule has 0 saturated carbocycles. The number of hydrogen-bond acceptors (Lipinski definition) is 7. The van der Waals surface area contributed by atoms with E-state index in [-0.39, 0.29) is 11.7 Å². The first kappa shape index (κ1) is 18.8. The topological polar surface area (TPSA) is 102 Å². The number of aliphatic imine (C=N–C) groups is 1. The highest BCUT2D eigenvalue weighted by atomic mass is 32.2. The fourth-order valence-corrected chi connectivity index (χ4v) is 4.48. The van der Waals surface area contributed by atoms with Gasteiger partial charge in [0.05, 0.1) is 24.5 Å². The number of nitrogens with one attached hydrogen (secondary N) is 1. The Balaban J connectivity index is 1.68. The van der Waals surface area contributed by atoms with Gasteiger partial charge in [-0.05, 0) is 18.2 Å². The number of carbonyl (C=O) groups excluding carboxylic acids is 1. The van der Waals surface area contributed by atoms with E-state index in [9.17, 15) is 13.6 Å². The molecule has 7 nitrogen and oxygen atoms in total. The Morgan fingerprint density at radius 1 is 1.32 bits per heavy atom. The smallest absolute Gasteiger partial charge is 0.293 e. The van der Waals surface area contributed by atoms with Gasteiger partial charge in [-0.15, -0.1) is 0 Å². The minimum absolute atomic E-state index is 0.0283. The second-order valence-corrected chi connectivity index (χ2v) is 7.62. The number of hydrogen-bond donors (Lipinski definition) is 2. The van der Waals surface area contributed by atoms with Crippen molar-refractivity contribution in [3.05, 3.63) is 53.6 Å². The molecule has 1 saturated heterocycles. The number of rotatable bonds is 3. The van der Waals surface area contributed by atoms with Crippen LogP contribution in [0.1, 0.15) is 22.6 Å². The third kappa shape index (κ3) is 3.45. The van der Waals surface area contributed by atoms with E-state index in [1.54, 1.807) is 6.07 Å². The maximum atomic E-state index is 14.8. The van der Waals surface area contributed by atoms with Gasteiger partial charge in [-0.1, -0.05) is 11.8 Å². The molecule has 3 N–H and O–H groups in total. The number of carbonyl (C=O) groups is 1. The monoisotopic (exact) mass is 405 g/mol. The molecule has 28 heavy (non-hydrogen) atoms. The Kier molecular flexibility index (Phi) is 4.98. The van der Waals surface area contributed by atoms with Gasteiger partial charge in [0.25, 0.3) is 5.91 Å². The summed E-state index contributed by atoms with van der Waals surface area (Å²) in [6.45, 7) is 0.903. The van der Waals surface area contributed by atoms with Gasteiger partial charge in [0.1, 0.15) is 5.82 Å². The molecule has 0 unspecified atom stereocenters. The van der Waals surface area contributed by atoms with Crippen LogP contribution in [-0.4, -0.2) is 40.0 Å². The molecule has 2 atom stereocenters. The largest absolute Gasteiger partial charge is 0.381 e. The predicted molar refractivity (Wildman–Crippen MR) is 101 cm³/mol. The van der Waals surface area contributed by atoms with Crippen LogP contribution in [0.15, 0.2) is 35.6 Å². The summed E-state index contributed by atoms with van der Waals surface area (Å²) in [5, 5.41) is 3.03. The van der Waals surface area contributed by atoms with Gasteiger partial charge in [-0.25, -0.2) is 18.7 Å². The van der Waals surface area contributed by atoms with Gasteiger partial charge in [0, 0.05) is 35.9 Å². The van der Waals surface area contributed by atoms with Crippen LogP contribution < -0.4 is 11.1 Å². The number of nitrogens with zero attached hydrogens (tertiary/aromatic N) is 3. The van der Waals surface area contributed by atoms with Crippen molar-refractivity contribution in [1.29, 1.82) is 0 Å². The second kappa shape index (κ2) is 7.44. The lowest BCUT2D eigenvalue weighted by atomic mass is 9.75. The summed E-state index contributed by atoms with van der Waals surface area (Å²) in [5.74, 6) is -1.23. The van der Waals surface area contributed by atoms with Gasteiger partial charge in [-0.3, -0.25) is 9.79 Å². The van der Waals surface area contributed by atoms with Crippen LogP contribution in [0.25, 0.3) is 0 Å². The maximum Gasteiger partial charge on any atom is 0.293 e.